The highest BCUT2D eigenvalue weighted by atomic mass is 16.5. The van der Waals surface area contributed by atoms with Crippen LogP contribution in [0.3, 0.4) is 0 Å². The van der Waals surface area contributed by atoms with Crippen molar-refractivity contribution < 1.29 is 13.9 Å². The lowest BCUT2D eigenvalue weighted by atomic mass is 10.3. The lowest BCUT2D eigenvalue weighted by Gasteiger charge is -2.06. The first kappa shape index (κ1) is 16.6. The number of aromatic nitrogens is 3. The molecule has 136 valence electrons. The van der Waals surface area contributed by atoms with Crippen LogP contribution in [0.2, 0.25) is 0 Å². The average molecular weight is 363 g/mol. The quantitative estimate of drug-likeness (QED) is 0.485. The smallest absolute Gasteiger partial charge is 0.269 e. The maximum atomic E-state index is 11.7. The number of hydrogen-bond acceptors (Lipinski definition) is 6. The van der Waals surface area contributed by atoms with Crippen LogP contribution < -0.4 is 15.4 Å². The number of pyridine rings is 1. The second-order valence-electron chi connectivity index (χ2n) is 5.76. The summed E-state index contributed by atoms with van der Waals surface area (Å²) in [5.41, 5.74) is 1.93. The molecule has 8 nitrogen and oxygen atoms in total. The second-order valence-corrected chi connectivity index (χ2v) is 5.76. The van der Waals surface area contributed by atoms with Gasteiger partial charge in [-0.15, -0.1) is 0 Å². The Morgan fingerprint density at radius 3 is 2.93 bits per heavy atom. The fourth-order valence-corrected chi connectivity index (χ4v) is 2.58. The maximum Gasteiger partial charge on any atom is 0.269 e. The molecule has 0 atom stereocenters. The van der Waals surface area contributed by atoms with Gasteiger partial charge >= 0.3 is 0 Å². The zero-order valence-electron chi connectivity index (χ0n) is 14.5. The maximum absolute atomic E-state index is 11.7. The van der Waals surface area contributed by atoms with Crippen LogP contribution in [0, 0.1) is 0 Å². The molecule has 0 bridgehead atoms. The van der Waals surface area contributed by atoms with E-state index in [1.54, 1.807) is 25.4 Å². The third kappa shape index (κ3) is 3.74. The number of nitrogens with zero attached hydrogens (tertiary/aromatic N) is 2. The van der Waals surface area contributed by atoms with E-state index in [4.69, 9.17) is 9.15 Å². The predicted molar refractivity (Wildman–Crippen MR) is 99.8 cm³/mol. The lowest BCUT2D eigenvalue weighted by Crippen LogP contribution is -2.18. The number of H-pyrrole nitrogens is 1. The van der Waals surface area contributed by atoms with Crippen molar-refractivity contribution in [3.05, 3.63) is 66.4 Å². The Bertz CT molecular complexity index is 1070. The van der Waals surface area contributed by atoms with E-state index in [1.165, 1.54) is 6.20 Å². The summed E-state index contributed by atoms with van der Waals surface area (Å²) in [6, 6.07) is 12.5. The standard InChI is InChI=1S/C19H17N5O3/c1-20-18(25)17-10-13(6-7-21-17)27-12-4-5-15-16(9-12)24-19(23-15)22-11-14-3-2-8-26-14/h2-10H,11H2,1H3,(H,20,25)(H2,22,23,24). The van der Waals surface area contributed by atoms with Crippen molar-refractivity contribution in [3.63, 3.8) is 0 Å². The van der Waals surface area contributed by atoms with Crippen LogP contribution in [-0.2, 0) is 6.54 Å². The summed E-state index contributed by atoms with van der Waals surface area (Å²) in [5, 5.41) is 5.72. The number of fused-ring (bicyclic) bond motifs is 1. The molecule has 1 amide bonds. The molecule has 8 heteroatoms. The third-order valence-corrected chi connectivity index (χ3v) is 3.89. The first-order chi connectivity index (χ1) is 13.2. The van der Waals surface area contributed by atoms with Gasteiger partial charge in [-0.25, -0.2) is 4.98 Å². The van der Waals surface area contributed by atoms with Crippen LogP contribution >= 0.6 is 0 Å². The van der Waals surface area contributed by atoms with Crippen molar-refractivity contribution in [2.24, 2.45) is 0 Å². The Morgan fingerprint density at radius 2 is 2.11 bits per heavy atom. The number of imidazole rings is 1. The summed E-state index contributed by atoms with van der Waals surface area (Å²) >= 11 is 0. The number of carbonyl (C=O) groups excluding carboxylic acids is 1. The second kappa shape index (κ2) is 7.20. The number of ether oxygens (including phenoxy) is 1. The number of carbonyl (C=O) groups is 1. The monoisotopic (exact) mass is 363 g/mol. The molecule has 4 aromatic rings. The number of furan rings is 1. The minimum Gasteiger partial charge on any atom is -0.467 e. The number of hydrogen-bond donors (Lipinski definition) is 3. The molecule has 0 radical (unpaired) electrons. The molecule has 0 fully saturated rings. The zero-order chi connectivity index (χ0) is 18.6. The zero-order valence-corrected chi connectivity index (χ0v) is 14.5. The molecule has 0 saturated carbocycles. The lowest BCUT2D eigenvalue weighted by molar-refractivity contribution is 0.0958. The van der Waals surface area contributed by atoms with Gasteiger partial charge in [0, 0.05) is 25.4 Å². The summed E-state index contributed by atoms with van der Waals surface area (Å²) in [6.07, 6.45) is 3.17. The molecular formula is C19H17N5O3. The average Bonchev–Trinajstić information content (AvgIpc) is 3.35. The molecule has 27 heavy (non-hydrogen) atoms. The minimum absolute atomic E-state index is 0.267. The molecular weight excluding hydrogens is 346 g/mol. The summed E-state index contributed by atoms with van der Waals surface area (Å²) in [4.78, 5) is 23.4. The fourth-order valence-electron chi connectivity index (χ4n) is 2.58. The number of benzene rings is 1. The summed E-state index contributed by atoms with van der Waals surface area (Å²) < 4.78 is 11.1. The Morgan fingerprint density at radius 1 is 1.22 bits per heavy atom. The van der Waals surface area contributed by atoms with Crippen molar-refractivity contribution in [1.82, 2.24) is 20.3 Å². The van der Waals surface area contributed by atoms with Crippen molar-refractivity contribution in [2.45, 2.75) is 6.54 Å². The summed E-state index contributed by atoms with van der Waals surface area (Å²) in [7, 11) is 1.56. The molecule has 4 rings (SSSR count). The van der Waals surface area contributed by atoms with Gasteiger partial charge in [0.15, 0.2) is 0 Å². The van der Waals surface area contributed by atoms with E-state index in [0.29, 0.717) is 29.7 Å². The van der Waals surface area contributed by atoms with Gasteiger partial charge in [-0.05, 0) is 30.3 Å². The highest BCUT2D eigenvalue weighted by Crippen LogP contribution is 2.25. The SMILES string of the molecule is CNC(=O)c1cc(Oc2ccc3nc(NCc4ccco4)[nH]c3c2)ccn1. The number of anilines is 1. The van der Waals surface area contributed by atoms with Crippen LogP contribution in [0.4, 0.5) is 5.95 Å². The van der Waals surface area contributed by atoms with Crippen molar-refractivity contribution >= 4 is 22.9 Å². The third-order valence-electron chi connectivity index (χ3n) is 3.89. The summed E-state index contributed by atoms with van der Waals surface area (Å²) in [6.45, 7) is 0.537. The van der Waals surface area contributed by atoms with Crippen molar-refractivity contribution in [3.8, 4) is 11.5 Å². The van der Waals surface area contributed by atoms with E-state index < -0.39 is 0 Å². The van der Waals surface area contributed by atoms with Gasteiger partial charge in [0.25, 0.3) is 5.91 Å². The predicted octanol–water partition coefficient (Wildman–Crippen LogP) is 3.31. The van der Waals surface area contributed by atoms with E-state index in [9.17, 15) is 4.79 Å². The largest absolute Gasteiger partial charge is 0.467 e. The van der Waals surface area contributed by atoms with E-state index in [2.05, 4.69) is 25.6 Å². The van der Waals surface area contributed by atoms with Gasteiger partial charge in [-0.3, -0.25) is 9.78 Å². The highest BCUT2D eigenvalue weighted by molar-refractivity contribution is 5.92. The molecule has 3 aromatic heterocycles. The molecule has 3 N–H and O–H groups in total. The Balaban J connectivity index is 1.50. The van der Waals surface area contributed by atoms with Gasteiger partial charge < -0.3 is 24.8 Å². The summed E-state index contributed by atoms with van der Waals surface area (Å²) in [5.74, 6) is 2.35. The number of nitrogens with one attached hydrogen (secondary N) is 3. The van der Waals surface area contributed by atoms with Gasteiger partial charge in [0.2, 0.25) is 5.95 Å². The van der Waals surface area contributed by atoms with E-state index in [-0.39, 0.29) is 5.91 Å². The number of aromatic amines is 1. The molecule has 0 aliphatic heterocycles. The molecule has 0 unspecified atom stereocenters. The van der Waals surface area contributed by atoms with E-state index in [1.807, 2.05) is 30.3 Å². The fraction of sp³-hybridized carbons (Fsp3) is 0.105. The molecule has 3 heterocycles. The molecule has 0 saturated heterocycles. The van der Waals surface area contributed by atoms with Crippen molar-refractivity contribution in [1.29, 1.82) is 0 Å². The Hall–Kier alpha value is -3.81. The first-order valence-electron chi connectivity index (χ1n) is 8.33. The Kier molecular flexibility index (Phi) is 4.44. The van der Waals surface area contributed by atoms with E-state index >= 15 is 0 Å². The Labute approximate surface area is 154 Å². The van der Waals surface area contributed by atoms with Gasteiger partial charge in [0.05, 0.1) is 23.8 Å². The number of rotatable bonds is 6. The van der Waals surface area contributed by atoms with Gasteiger partial charge in [-0.2, -0.15) is 0 Å². The molecule has 0 aliphatic rings. The normalized spacial score (nSPS) is 10.7. The van der Waals surface area contributed by atoms with Crippen LogP contribution in [0.25, 0.3) is 11.0 Å². The molecule has 0 aliphatic carbocycles. The van der Waals surface area contributed by atoms with Crippen LogP contribution in [0.5, 0.6) is 11.5 Å². The van der Waals surface area contributed by atoms with Crippen LogP contribution in [-0.4, -0.2) is 27.9 Å². The van der Waals surface area contributed by atoms with Crippen LogP contribution in [0.15, 0.2) is 59.3 Å². The van der Waals surface area contributed by atoms with Gasteiger partial charge in [0.1, 0.15) is 23.0 Å². The molecule has 0 spiro atoms. The van der Waals surface area contributed by atoms with Crippen LogP contribution in [0.1, 0.15) is 16.2 Å². The topological polar surface area (TPSA) is 105 Å². The number of amides is 1. The minimum atomic E-state index is -0.267. The molecule has 1 aromatic carbocycles. The first-order valence-corrected chi connectivity index (χ1v) is 8.33. The van der Waals surface area contributed by atoms with Crippen molar-refractivity contribution in [2.75, 3.05) is 12.4 Å². The highest BCUT2D eigenvalue weighted by Gasteiger charge is 2.08. The van der Waals surface area contributed by atoms with Gasteiger partial charge in [-0.1, -0.05) is 0 Å². The van der Waals surface area contributed by atoms with E-state index in [0.717, 1.165) is 16.8 Å².